The van der Waals surface area contributed by atoms with Crippen molar-refractivity contribution < 1.29 is 18.8 Å². The van der Waals surface area contributed by atoms with Gasteiger partial charge in [-0.15, -0.1) is 24.2 Å². The SMILES string of the molecule is Cc1nc(-c2ccc(CN3C=C(C(=O)NCC4CCOCC4)C=C4SC[C@H](N)C(=O)C43)cc2)no1.Cl. The molecule has 3 N–H and O–H groups in total. The van der Waals surface area contributed by atoms with E-state index in [1.165, 1.54) is 0 Å². The summed E-state index contributed by atoms with van der Waals surface area (Å²) in [6.07, 6.45) is 5.55. The van der Waals surface area contributed by atoms with Gasteiger partial charge < -0.3 is 25.2 Å². The highest BCUT2D eigenvalue weighted by Crippen LogP contribution is 2.36. The molecule has 2 aromatic rings. The number of amides is 1. The van der Waals surface area contributed by atoms with Crippen LogP contribution < -0.4 is 11.1 Å². The fourth-order valence-corrected chi connectivity index (χ4v) is 5.67. The third-order valence-electron chi connectivity index (χ3n) is 6.53. The van der Waals surface area contributed by atoms with Crippen molar-refractivity contribution in [1.82, 2.24) is 20.4 Å². The molecule has 0 aliphatic carbocycles. The quantitative estimate of drug-likeness (QED) is 0.578. The Kier molecular flexibility index (Phi) is 8.50. The van der Waals surface area contributed by atoms with E-state index >= 15 is 0 Å². The normalized spacial score (nSPS) is 22.3. The molecule has 0 bridgehead atoms. The largest absolute Gasteiger partial charge is 0.381 e. The molecule has 5 rings (SSSR count). The molecule has 4 heterocycles. The first-order valence-electron chi connectivity index (χ1n) is 11.8. The molecule has 3 aliphatic heterocycles. The number of hydrogen-bond acceptors (Lipinski definition) is 9. The zero-order valence-corrected chi connectivity index (χ0v) is 21.6. The predicted octanol–water partition coefficient (Wildman–Crippen LogP) is 2.60. The number of carbonyl (C=O) groups is 2. The van der Waals surface area contributed by atoms with Crippen molar-refractivity contribution in [3.8, 4) is 11.4 Å². The highest BCUT2D eigenvalue weighted by Gasteiger charge is 2.39. The van der Waals surface area contributed by atoms with E-state index in [2.05, 4.69) is 15.5 Å². The van der Waals surface area contributed by atoms with Crippen LogP contribution in [0.4, 0.5) is 0 Å². The van der Waals surface area contributed by atoms with Crippen molar-refractivity contribution in [2.45, 2.75) is 38.4 Å². The number of nitrogens with one attached hydrogen (secondary N) is 1. The summed E-state index contributed by atoms with van der Waals surface area (Å²) in [5.74, 6) is 1.84. The van der Waals surface area contributed by atoms with E-state index in [9.17, 15) is 9.59 Å². The minimum atomic E-state index is -0.522. The predicted molar refractivity (Wildman–Crippen MR) is 139 cm³/mol. The van der Waals surface area contributed by atoms with Crippen molar-refractivity contribution in [2.75, 3.05) is 25.5 Å². The molecule has 11 heteroatoms. The molecule has 1 aromatic carbocycles. The van der Waals surface area contributed by atoms with Gasteiger partial charge >= 0.3 is 0 Å². The number of carbonyl (C=O) groups excluding carboxylic acids is 2. The first-order chi connectivity index (χ1) is 17.0. The van der Waals surface area contributed by atoms with Crippen LogP contribution in [-0.2, 0) is 20.9 Å². The molecule has 1 amide bonds. The Balaban J connectivity index is 0.00000304. The van der Waals surface area contributed by atoms with Crippen molar-refractivity contribution in [3.63, 3.8) is 0 Å². The monoisotopic (exact) mass is 531 g/mol. The summed E-state index contributed by atoms with van der Waals surface area (Å²) >= 11 is 1.55. The number of nitrogens with two attached hydrogens (primary N) is 1. The Morgan fingerprint density at radius 2 is 2.00 bits per heavy atom. The van der Waals surface area contributed by atoms with Crippen LogP contribution in [0, 0.1) is 12.8 Å². The van der Waals surface area contributed by atoms with Crippen molar-refractivity contribution in [2.24, 2.45) is 11.7 Å². The summed E-state index contributed by atoms with van der Waals surface area (Å²) in [5, 5.41) is 7.03. The van der Waals surface area contributed by atoms with Crippen molar-refractivity contribution in [3.05, 3.63) is 58.5 Å². The molecular formula is C25H30ClN5O4S. The van der Waals surface area contributed by atoms with Crippen molar-refractivity contribution >= 4 is 35.9 Å². The third kappa shape index (κ3) is 5.83. The number of benzene rings is 1. The summed E-state index contributed by atoms with van der Waals surface area (Å²) in [6.45, 7) is 4.32. The van der Waals surface area contributed by atoms with E-state index in [1.54, 1.807) is 24.9 Å². The summed E-state index contributed by atoms with van der Waals surface area (Å²) in [5.41, 5.74) is 8.49. The highest BCUT2D eigenvalue weighted by atomic mass is 35.5. The van der Waals surface area contributed by atoms with Crippen LogP contribution in [-0.4, -0.2) is 64.3 Å². The summed E-state index contributed by atoms with van der Waals surface area (Å²) in [6, 6.07) is 6.79. The van der Waals surface area contributed by atoms with Crippen molar-refractivity contribution in [1.29, 1.82) is 0 Å². The van der Waals surface area contributed by atoms with E-state index in [0.29, 0.717) is 42.0 Å². The van der Waals surface area contributed by atoms with Crippen LogP contribution in [0.2, 0.25) is 0 Å². The number of nitrogens with zero attached hydrogens (tertiary/aromatic N) is 3. The second-order valence-corrected chi connectivity index (χ2v) is 10.2. The molecular weight excluding hydrogens is 502 g/mol. The fraction of sp³-hybridized carbons (Fsp3) is 0.440. The van der Waals surface area contributed by atoms with Crippen LogP contribution in [0.25, 0.3) is 11.4 Å². The molecule has 0 radical (unpaired) electrons. The Morgan fingerprint density at radius 1 is 1.25 bits per heavy atom. The molecule has 2 atom stereocenters. The molecule has 0 saturated carbocycles. The zero-order chi connectivity index (χ0) is 24.4. The molecule has 9 nitrogen and oxygen atoms in total. The van der Waals surface area contributed by atoms with E-state index in [1.807, 2.05) is 35.2 Å². The lowest BCUT2D eigenvalue weighted by Crippen LogP contribution is -2.52. The van der Waals surface area contributed by atoms with Gasteiger partial charge in [0, 0.05) is 55.6 Å². The van der Waals surface area contributed by atoms with Gasteiger partial charge in [0.2, 0.25) is 11.7 Å². The second kappa shape index (κ2) is 11.6. The number of Topliss-reactive ketones (excluding diaryl/α,β-unsaturated/α-hetero) is 1. The van der Waals surface area contributed by atoms with Gasteiger partial charge in [0.25, 0.3) is 5.91 Å². The lowest BCUT2D eigenvalue weighted by molar-refractivity contribution is -0.123. The van der Waals surface area contributed by atoms with Gasteiger partial charge in [-0.2, -0.15) is 4.98 Å². The molecule has 3 aliphatic rings. The topological polar surface area (TPSA) is 124 Å². The van der Waals surface area contributed by atoms with Gasteiger partial charge in [-0.25, -0.2) is 0 Å². The maximum absolute atomic E-state index is 13.0. The third-order valence-corrected chi connectivity index (χ3v) is 7.73. The van der Waals surface area contributed by atoms with Crippen LogP contribution in [0.3, 0.4) is 0 Å². The molecule has 0 spiro atoms. The second-order valence-electron chi connectivity index (χ2n) is 9.13. The molecule has 1 aromatic heterocycles. The summed E-state index contributed by atoms with van der Waals surface area (Å²) in [4.78, 5) is 33.1. The molecule has 2 fully saturated rings. The van der Waals surface area contributed by atoms with E-state index < -0.39 is 12.1 Å². The molecule has 192 valence electrons. The first kappa shape index (κ1) is 26.4. The van der Waals surface area contributed by atoms with Crippen LogP contribution in [0.5, 0.6) is 0 Å². The average molecular weight is 532 g/mol. The number of ketones is 1. The Bertz CT molecular complexity index is 1160. The Labute approximate surface area is 220 Å². The van der Waals surface area contributed by atoms with Crippen LogP contribution >= 0.6 is 24.2 Å². The lowest BCUT2D eigenvalue weighted by Gasteiger charge is -2.39. The van der Waals surface area contributed by atoms with Gasteiger partial charge in [0.15, 0.2) is 5.78 Å². The number of fused-ring (bicyclic) bond motifs is 1. The van der Waals surface area contributed by atoms with Gasteiger partial charge in [-0.05, 0) is 30.4 Å². The molecule has 2 saturated heterocycles. The first-order valence-corrected chi connectivity index (χ1v) is 12.8. The number of rotatable bonds is 6. The Morgan fingerprint density at radius 3 is 2.69 bits per heavy atom. The molecule has 36 heavy (non-hydrogen) atoms. The lowest BCUT2D eigenvalue weighted by atomic mass is 9.98. The van der Waals surface area contributed by atoms with Crippen LogP contribution in [0.1, 0.15) is 24.3 Å². The average Bonchev–Trinajstić information content (AvgIpc) is 3.32. The summed E-state index contributed by atoms with van der Waals surface area (Å²) < 4.78 is 10.5. The number of ether oxygens (including phenoxy) is 1. The fourth-order valence-electron chi connectivity index (χ4n) is 4.52. The van der Waals surface area contributed by atoms with Crippen LogP contribution in [0.15, 0.2) is 51.5 Å². The minimum absolute atomic E-state index is 0. The van der Waals surface area contributed by atoms with E-state index in [4.69, 9.17) is 15.0 Å². The number of aryl methyl sites for hydroxylation is 1. The number of halogens is 1. The maximum atomic E-state index is 13.0. The minimum Gasteiger partial charge on any atom is -0.381 e. The number of thioether (sulfide) groups is 1. The van der Waals surface area contributed by atoms with E-state index in [-0.39, 0.29) is 24.1 Å². The Hall–Kier alpha value is -2.66. The molecule has 1 unspecified atom stereocenters. The maximum Gasteiger partial charge on any atom is 0.252 e. The van der Waals surface area contributed by atoms with Gasteiger partial charge in [0.1, 0.15) is 6.04 Å². The smallest absolute Gasteiger partial charge is 0.252 e. The van der Waals surface area contributed by atoms with Gasteiger partial charge in [-0.3, -0.25) is 9.59 Å². The van der Waals surface area contributed by atoms with Gasteiger partial charge in [-0.1, -0.05) is 29.4 Å². The van der Waals surface area contributed by atoms with Gasteiger partial charge in [0.05, 0.1) is 11.6 Å². The zero-order valence-electron chi connectivity index (χ0n) is 20.0. The number of aromatic nitrogens is 2. The standard InChI is InChI=1S/C25H29N5O4S.ClH/c1-15-28-24(29-34-15)18-4-2-17(3-5-18)12-30-13-19(10-21-22(30)23(31)20(26)14-35-21)25(32)27-11-16-6-8-33-9-7-16;/h2-5,10,13,16,20,22H,6-9,11-12,14,26H2,1H3,(H,27,32);1H/t20-,22?;/m0./s1. The van der Waals surface area contributed by atoms with E-state index in [0.717, 1.165) is 42.1 Å². The highest BCUT2D eigenvalue weighted by molar-refractivity contribution is 8.03. The number of hydrogen-bond donors (Lipinski definition) is 2. The summed E-state index contributed by atoms with van der Waals surface area (Å²) in [7, 11) is 0.